The number of aromatic carboxylic acids is 1. The van der Waals surface area contributed by atoms with Crippen LogP contribution in [-0.2, 0) is 6.54 Å². The molecule has 92 valence electrons. The van der Waals surface area contributed by atoms with E-state index in [2.05, 4.69) is 5.32 Å². The van der Waals surface area contributed by atoms with E-state index in [0.717, 1.165) is 11.3 Å². The van der Waals surface area contributed by atoms with Crippen molar-refractivity contribution in [1.82, 2.24) is 0 Å². The molecule has 2 rings (SSSR count). The molecule has 0 spiro atoms. The van der Waals surface area contributed by atoms with Gasteiger partial charge in [-0.15, -0.1) is 0 Å². The molecule has 0 fully saturated rings. The highest BCUT2D eigenvalue weighted by molar-refractivity contribution is 5.87. The van der Waals surface area contributed by atoms with E-state index in [1.165, 1.54) is 0 Å². The predicted molar refractivity (Wildman–Crippen MR) is 68.8 cm³/mol. The van der Waals surface area contributed by atoms with Gasteiger partial charge < -0.3 is 15.5 Å². The molecule has 0 radical (unpaired) electrons. The third-order valence-electron chi connectivity index (χ3n) is 2.54. The Morgan fingerprint density at radius 2 is 1.83 bits per heavy atom. The third kappa shape index (κ3) is 3.01. The summed E-state index contributed by atoms with van der Waals surface area (Å²) >= 11 is 0. The maximum atomic E-state index is 10.7. The normalized spacial score (nSPS) is 10.0. The Morgan fingerprint density at radius 1 is 1.11 bits per heavy atom. The van der Waals surface area contributed by atoms with Gasteiger partial charge in [0.05, 0.1) is 5.56 Å². The summed E-state index contributed by atoms with van der Waals surface area (Å²) < 4.78 is 0. The van der Waals surface area contributed by atoms with Gasteiger partial charge in [-0.2, -0.15) is 0 Å². The zero-order valence-electron chi connectivity index (χ0n) is 9.63. The number of hydrogen-bond donors (Lipinski definition) is 3. The topological polar surface area (TPSA) is 69.6 Å². The number of benzene rings is 2. The first-order chi connectivity index (χ1) is 8.65. The first-order valence-corrected chi connectivity index (χ1v) is 5.50. The lowest BCUT2D eigenvalue weighted by atomic mass is 10.2. The number of anilines is 1. The maximum Gasteiger partial charge on any atom is 0.335 e. The summed E-state index contributed by atoms with van der Waals surface area (Å²) in [5.74, 6) is -0.704. The zero-order chi connectivity index (χ0) is 13.0. The fourth-order valence-electron chi connectivity index (χ4n) is 1.60. The molecule has 0 heterocycles. The Kier molecular flexibility index (Phi) is 3.48. The maximum absolute atomic E-state index is 10.7. The monoisotopic (exact) mass is 243 g/mol. The van der Waals surface area contributed by atoms with E-state index in [1.807, 2.05) is 6.07 Å². The molecule has 0 bridgehead atoms. The summed E-state index contributed by atoms with van der Waals surface area (Å²) in [6.45, 7) is 0.570. The molecule has 0 aliphatic carbocycles. The van der Waals surface area contributed by atoms with Crippen LogP contribution in [0.2, 0.25) is 0 Å². The molecule has 0 saturated carbocycles. The Balaban J connectivity index is 2.00. The standard InChI is InChI=1S/C14H13NO3/c16-13-3-1-2-10(8-13)9-15-12-6-4-11(5-7-12)14(17)18/h1-8,15-16H,9H2,(H,17,18). The summed E-state index contributed by atoms with van der Waals surface area (Å²) in [6, 6.07) is 13.5. The fraction of sp³-hybridized carbons (Fsp3) is 0.0714. The number of nitrogens with one attached hydrogen (secondary N) is 1. The minimum atomic E-state index is -0.936. The minimum Gasteiger partial charge on any atom is -0.508 e. The van der Waals surface area contributed by atoms with E-state index in [0.29, 0.717) is 6.54 Å². The number of phenols is 1. The van der Waals surface area contributed by atoms with Crippen LogP contribution in [0.25, 0.3) is 0 Å². The first-order valence-electron chi connectivity index (χ1n) is 5.50. The number of carboxylic acid groups (broad SMARTS) is 1. The quantitative estimate of drug-likeness (QED) is 0.772. The predicted octanol–water partition coefficient (Wildman–Crippen LogP) is 2.70. The summed E-state index contributed by atoms with van der Waals surface area (Å²) in [4.78, 5) is 10.7. The van der Waals surface area contributed by atoms with Crippen molar-refractivity contribution in [1.29, 1.82) is 0 Å². The van der Waals surface area contributed by atoms with E-state index in [9.17, 15) is 9.90 Å². The van der Waals surface area contributed by atoms with Gasteiger partial charge in [0.2, 0.25) is 0 Å². The minimum absolute atomic E-state index is 0.232. The molecule has 0 amide bonds. The molecule has 18 heavy (non-hydrogen) atoms. The highest BCUT2D eigenvalue weighted by atomic mass is 16.4. The van der Waals surface area contributed by atoms with Crippen molar-refractivity contribution in [2.75, 3.05) is 5.32 Å². The van der Waals surface area contributed by atoms with Crippen molar-refractivity contribution in [3.05, 3.63) is 59.7 Å². The molecule has 2 aromatic carbocycles. The molecule has 4 heteroatoms. The first kappa shape index (κ1) is 12.0. The van der Waals surface area contributed by atoms with Gasteiger partial charge in [0.15, 0.2) is 0 Å². The van der Waals surface area contributed by atoms with Gasteiger partial charge in [0.25, 0.3) is 0 Å². The van der Waals surface area contributed by atoms with Crippen molar-refractivity contribution in [3.8, 4) is 5.75 Å². The van der Waals surface area contributed by atoms with Crippen LogP contribution in [0.1, 0.15) is 15.9 Å². The molecule has 4 nitrogen and oxygen atoms in total. The van der Waals surface area contributed by atoms with Gasteiger partial charge >= 0.3 is 5.97 Å². The van der Waals surface area contributed by atoms with Crippen molar-refractivity contribution >= 4 is 11.7 Å². The van der Waals surface area contributed by atoms with Gasteiger partial charge in [-0.05, 0) is 42.0 Å². The Hall–Kier alpha value is -2.49. The molecule has 0 aliphatic rings. The smallest absolute Gasteiger partial charge is 0.335 e. The summed E-state index contributed by atoms with van der Waals surface area (Å²) in [5.41, 5.74) is 2.05. The van der Waals surface area contributed by atoms with E-state index in [1.54, 1.807) is 42.5 Å². The summed E-state index contributed by atoms with van der Waals surface area (Å²) in [7, 11) is 0. The van der Waals surface area contributed by atoms with Crippen molar-refractivity contribution < 1.29 is 15.0 Å². The Morgan fingerprint density at radius 3 is 2.44 bits per heavy atom. The van der Waals surface area contributed by atoms with E-state index >= 15 is 0 Å². The number of phenolic OH excluding ortho intramolecular Hbond substituents is 1. The lowest BCUT2D eigenvalue weighted by Crippen LogP contribution is -2.00. The lowest BCUT2D eigenvalue weighted by Gasteiger charge is -2.07. The van der Waals surface area contributed by atoms with Crippen LogP contribution in [0.4, 0.5) is 5.69 Å². The zero-order valence-corrected chi connectivity index (χ0v) is 9.63. The third-order valence-corrected chi connectivity index (χ3v) is 2.54. The molecular formula is C14H13NO3. The fourth-order valence-corrected chi connectivity index (χ4v) is 1.60. The van der Waals surface area contributed by atoms with E-state index in [-0.39, 0.29) is 11.3 Å². The average molecular weight is 243 g/mol. The van der Waals surface area contributed by atoms with Gasteiger partial charge in [0, 0.05) is 12.2 Å². The molecule has 3 N–H and O–H groups in total. The number of hydrogen-bond acceptors (Lipinski definition) is 3. The summed E-state index contributed by atoms with van der Waals surface area (Å²) in [5, 5.41) is 21.2. The van der Waals surface area contributed by atoms with Crippen LogP contribution >= 0.6 is 0 Å². The van der Waals surface area contributed by atoms with Crippen LogP contribution in [0, 0.1) is 0 Å². The lowest BCUT2D eigenvalue weighted by molar-refractivity contribution is 0.0697. The second-order valence-electron chi connectivity index (χ2n) is 3.91. The number of carboxylic acids is 1. The SMILES string of the molecule is O=C(O)c1ccc(NCc2cccc(O)c2)cc1. The van der Waals surface area contributed by atoms with Crippen LogP contribution in [0.3, 0.4) is 0 Å². The van der Waals surface area contributed by atoms with Crippen molar-refractivity contribution in [3.63, 3.8) is 0 Å². The van der Waals surface area contributed by atoms with Crippen molar-refractivity contribution in [2.45, 2.75) is 6.54 Å². The molecule has 0 aliphatic heterocycles. The largest absolute Gasteiger partial charge is 0.508 e. The van der Waals surface area contributed by atoms with Gasteiger partial charge in [0.1, 0.15) is 5.75 Å². The molecule has 2 aromatic rings. The van der Waals surface area contributed by atoms with Gasteiger partial charge in [-0.25, -0.2) is 4.79 Å². The van der Waals surface area contributed by atoms with Crippen LogP contribution in [0.15, 0.2) is 48.5 Å². The molecular weight excluding hydrogens is 230 g/mol. The van der Waals surface area contributed by atoms with Gasteiger partial charge in [-0.1, -0.05) is 12.1 Å². The Labute approximate surface area is 105 Å². The average Bonchev–Trinajstić information content (AvgIpc) is 2.37. The van der Waals surface area contributed by atoms with E-state index < -0.39 is 5.97 Å². The van der Waals surface area contributed by atoms with E-state index in [4.69, 9.17) is 5.11 Å². The summed E-state index contributed by atoms with van der Waals surface area (Å²) in [6.07, 6.45) is 0. The van der Waals surface area contributed by atoms with Crippen LogP contribution < -0.4 is 5.32 Å². The highest BCUT2D eigenvalue weighted by Crippen LogP contribution is 2.14. The molecule has 0 unspecified atom stereocenters. The molecule has 0 saturated heterocycles. The molecule has 0 aromatic heterocycles. The van der Waals surface area contributed by atoms with Crippen LogP contribution in [0.5, 0.6) is 5.75 Å². The van der Waals surface area contributed by atoms with Crippen LogP contribution in [-0.4, -0.2) is 16.2 Å². The number of rotatable bonds is 4. The number of aromatic hydroxyl groups is 1. The number of carbonyl (C=O) groups is 1. The second-order valence-corrected chi connectivity index (χ2v) is 3.91. The van der Waals surface area contributed by atoms with Gasteiger partial charge in [-0.3, -0.25) is 0 Å². The second kappa shape index (κ2) is 5.23. The van der Waals surface area contributed by atoms with Crippen molar-refractivity contribution in [2.24, 2.45) is 0 Å². The Bertz CT molecular complexity index is 549. The molecule has 0 atom stereocenters. The highest BCUT2D eigenvalue weighted by Gasteiger charge is 2.01.